The minimum atomic E-state index is -3.96. The van der Waals surface area contributed by atoms with Crippen LogP contribution in [-0.4, -0.2) is 24.8 Å². The Labute approximate surface area is 106 Å². The molecule has 0 unspecified atom stereocenters. The molecule has 0 aromatic heterocycles. The Morgan fingerprint density at radius 2 is 1.56 bits per heavy atom. The van der Waals surface area contributed by atoms with Gasteiger partial charge in [-0.1, -0.05) is 0 Å². The molecule has 0 N–H and O–H groups in total. The van der Waals surface area contributed by atoms with Crippen LogP contribution in [0.25, 0.3) is 0 Å². The van der Waals surface area contributed by atoms with Crippen LogP contribution in [-0.2, 0) is 10.0 Å². The van der Waals surface area contributed by atoms with E-state index in [1.807, 2.05) is 0 Å². The van der Waals surface area contributed by atoms with Crippen molar-refractivity contribution in [3.63, 3.8) is 0 Å². The lowest BCUT2D eigenvalue weighted by molar-refractivity contribution is 0.301. The van der Waals surface area contributed by atoms with Crippen molar-refractivity contribution in [3.8, 4) is 0 Å². The van der Waals surface area contributed by atoms with Crippen LogP contribution in [0.4, 0.5) is 8.78 Å². The van der Waals surface area contributed by atoms with Gasteiger partial charge < -0.3 is 0 Å². The number of sulfonamides is 1. The summed E-state index contributed by atoms with van der Waals surface area (Å²) in [6, 6.07) is 1.86. The van der Waals surface area contributed by atoms with E-state index in [2.05, 4.69) is 0 Å². The lowest BCUT2D eigenvalue weighted by Gasteiger charge is -2.29. The van der Waals surface area contributed by atoms with E-state index in [0.29, 0.717) is 6.07 Å². The fourth-order valence-corrected chi connectivity index (χ4v) is 3.83. The Balaban J connectivity index is 3.36. The maximum Gasteiger partial charge on any atom is 0.246 e. The first kappa shape index (κ1) is 15.0. The molecule has 0 amide bonds. The summed E-state index contributed by atoms with van der Waals surface area (Å²) in [4.78, 5) is -0.494. The van der Waals surface area contributed by atoms with Crippen LogP contribution in [0.15, 0.2) is 23.1 Å². The minimum Gasteiger partial charge on any atom is -0.207 e. The molecule has 0 heterocycles. The van der Waals surface area contributed by atoms with Gasteiger partial charge >= 0.3 is 0 Å². The fourth-order valence-electron chi connectivity index (χ4n) is 1.95. The molecule has 0 atom stereocenters. The topological polar surface area (TPSA) is 37.4 Å². The number of nitrogens with zero attached hydrogens (tertiary/aromatic N) is 1. The first-order valence-electron chi connectivity index (χ1n) is 5.66. The molecule has 1 aromatic rings. The third-order valence-corrected chi connectivity index (χ3v) is 4.75. The van der Waals surface area contributed by atoms with E-state index in [0.717, 1.165) is 12.1 Å². The van der Waals surface area contributed by atoms with Gasteiger partial charge in [0.2, 0.25) is 10.0 Å². The zero-order valence-corrected chi connectivity index (χ0v) is 11.6. The largest absolute Gasteiger partial charge is 0.246 e. The average molecular weight is 277 g/mol. The Hall–Kier alpha value is -1.01. The van der Waals surface area contributed by atoms with E-state index in [1.54, 1.807) is 27.7 Å². The quantitative estimate of drug-likeness (QED) is 0.848. The zero-order chi connectivity index (χ0) is 14.1. The zero-order valence-electron chi connectivity index (χ0n) is 10.8. The Bertz CT molecular complexity index is 519. The summed E-state index contributed by atoms with van der Waals surface area (Å²) in [7, 11) is -3.96. The maximum absolute atomic E-state index is 13.6. The monoisotopic (exact) mass is 277 g/mol. The number of hydrogen-bond acceptors (Lipinski definition) is 2. The molecule has 6 heteroatoms. The molecule has 0 saturated carbocycles. The van der Waals surface area contributed by atoms with Crippen LogP contribution in [0.5, 0.6) is 0 Å². The highest BCUT2D eigenvalue weighted by Gasteiger charge is 2.31. The Kier molecular flexibility index (Phi) is 4.45. The van der Waals surface area contributed by atoms with Crippen LogP contribution < -0.4 is 0 Å². The van der Waals surface area contributed by atoms with Gasteiger partial charge in [0.15, 0.2) is 0 Å². The van der Waals surface area contributed by atoms with Crippen molar-refractivity contribution in [1.82, 2.24) is 4.31 Å². The van der Waals surface area contributed by atoms with Crippen molar-refractivity contribution >= 4 is 10.0 Å². The van der Waals surface area contributed by atoms with E-state index in [-0.39, 0.29) is 12.1 Å². The van der Waals surface area contributed by atoms with Crippen LogP contribution in [0, 0.1) is 11.6 Å². The predicted octanol–water partition coefficient (Wildman–Crippen LogP) is 2.77. The minimum absolute atomic E-state index is 0.306. The van der Waals surface area contributed by atoms with Crippen LogP contribution in [0.1, 0.15) is 27.7 Å². The predicted molar refractivity (Wildman–Crippen MR) is 65.7 cm³/mol. The summed E-state index contributed by atoms with van der Waals surface area (Å²) in [6.07, 6.45) is 0. The smallest absolute Gasteiger partial charge is 0.207 e. The van der Waals surface area contributed by atoms with Gasteiger partial charge in [0.1, 0.15) is 16.5 Å². The summed E-state index contributed by atoms with van der Waals surface area (Å²) in [5.41, 5.74) is 0. The van der Waals surface area contributed by atoms with Gasteiger partial charge in [0.05, 0.1) is 0 Å². The molecular weight excluding hydrogens is 260 g/mol. The normalized spacial score (nSPS) is 12.7. The molecule has 102 valence electrons. The molecule has 0 saturated heterocycles. The maximum atomic E-state index is 13.6. The van der Waals surface area contributed by atoms with Gasteiger partial charge in [-0.3, -0.25) is 0 Å². The van der Waals surface area contributed by atoms with Gasteiger partial charge in [-0.15, -0.1) is 0 Å². The molecular formula is C12H17F2NO2S. The summed E-state index contributed by atoms with van der Waals surface area (Å²) < 4.78 is 52.2. The third-order valence-electron chi connectivity index (χ3n) is 2.47. The van der Waals surface area contributed by atoms with Crippen molar-refractivity contribution in [1.29, 1.82) is 0 Å². The fraction of sp³-hybridized carbons (Fsp3) is 0.500. The van der Waals surface area contributed by atoms with Crippen molar-refractivity contribution < 1.29 is 17.2 Å². The van der Waals surface area contributed by atoms with Crippen molar-refractivity contribution in [3.05, 3.63) is 29.8 Å². The number of hydrogen-bond donors (Lipinski definition) is 0. The molecule has 1 aromatic carbocycles. The van der Waals surface area contributed by atoms with Crippen molar-refractivity contribution in [2.75, 3.05) is 0 Å². The summed E-state index contributed by atoms with van der Waals surface area (Å²) in [5.74, 6) is -1.87. The van der Waals surface area contributed by atoms with E-state index in [1.165, 1.54) is 4.31 Å². The SMILES string of the molecule is CC(C)N(C(C)C)S(=O)(=O)c1ccc(F)cc1F. The molecule has 0 spiro atoms. The second-order valence-corrected chi connectivity index (χ2v) is 6.41. The van der Waals surface area contributed by atoms with Gasteiger partial charge in [-0.2, -0.15) is 4.31 Å². The van der Waals surface area contributed by atoms with Crippen LogP contribution in [0.3, 0.4) is 0 Å². The standard InChI is InChI=1S/C12H17F2NO2S/c1-8(2)15(9(3)4)18(16,17)12-6-5-10(13)7-11(12)14/h5-9H,1-4H3. The molecule has 0 aliphatic heterocycles. The Morgan fingerprint density at radius 3 is 1.94 bits per heavy atom. The second kappa shape index (κ2) is 5.32. The summed E-state index contributed by atoms with van der Waals surface area (Å²) in [6.45, 7) is 6.83. The summed E-state index contributed by atoms with van der Waals surface area (Å²) >= 11 is 0. The Morgan fingerprint density at radius 1 is 1.06 bits per heavy atom. The lowest BCUT2D eigenvalue weighted by Crippen LogP contribution is -2.42. The molecule has 0 aliphatic rings. The molecule has 0 fully saturated rings. The van der Waals surface area contributed by atoms with E-state index < -0.39 is 26.6 Å². The highest BCUT2D eigenvalue weighted by Crippen LogP contribution is 2.23. The molecule has 0 bridgehead atoms. The molecule has 1 rings (SSSR count). The molecule has 0 radical (unpaired) electrons. The molecule has 0 aliphatic carbocycles. The first-order chi connectivity index (χ1) is 8.17. The first-order valence-corrected chi connectivity index (χ1v) is 7.10. The van der Waals surface area contributed by atoms with Crippen LogP contribution >= 0.6 is 0 Å². The van der Waals surface area contributed by atoms with E-state index >= 15 is 0 Å². The highest BCUT2D eigenvalue weighted by atomic mass is 32.2. The molecule has 18 heavy (non-hydrogen) atoms. The van der Waals surface area contributed by atoms with Gasteiger partial charge in [0.25, 0.3) is 0 Å². The van der Waals surface area contributed by atoms with Crippen molar-refractivity contribution in [2.24, 2.45) is 0 Å². The summed E-state index contributed by atoms with van der Waals surface area (Å²) in [5, 5.41) is 0. The third kappa shape index (κ3) is 2.87. The van der Waals surface area contributed by atoms with Gasteiger partial charge in [-0.25, -0.2) is 17.2 Å². The molecule has 3 nitrogen and oxygen atoms in total. The number of halogens is 2. The second-order valence-electron chi connectivity index (χ2n) is 4.60. The van der Waals surface area contributed by atoms with Gasteiger partial charge in [-0.05, 0) is 39.8 Å². The lowest BCUT2D eigenvalue weighted by atomic mass is 10.3. The highest BCUT2D eigenvalue weighted by molar-refractivity contribution is 7.89. The average Bonchev–Trinajstić information content (AvgIpc) is 2.13. The number of rotatable bonds is 4. The van der Waals surface area contributed by atoms with Crippen LogP contribution in [0.2, 0.25) is 0 Å². The van der Waals surface area contributed by atoms with Gasteiger partial charge in [0, 0.05) is 18.2 Å². The van der Waals surface area contributed by atoms with E-state index in [4.69, 9.17) is 0 Å². The van der Waals surface area contributed by atoms with Crippen molar-refractivity contribution in [2.45, 2.75) is 44.7 Å². The van der Waals surface area contributed by atoms with E-state index in [9.17, 15) is 17.2 Å². The number of benzene rings is 1.